The van der Waals surface area contributed by atoms with Crippen LogP contribution in [-0.4, -0.2) is 37.1 Å². The molecule has 2 aromatic carbocycles. The number of methoxy groups -OCH3 is 2. The molecule has 0 spiro atoms. The first kappa shape index (κ1) is 16.3. The molecule has 0 aliphatic carbocycles. The monoisotopic (exact) mass is 342 g/mol. The van der Waals surface area contributed by atoms with Crippen molar-refractivity contribution < 1.29 is 14.3 Å². The van der Waals surface area contributed by atoms with E-state index in [2.05, 4.69) is 4.98 Å². The number of carbonyl (C=O) groups is 1. The van der Waals surface area contributed by atoms with Crippen LogP contribution in [0.3, 0.4) is 0 Å². The van der Waals surface area contributed by atoms with Gasteiger partial charge in [0, 0.05) is 30.8 Å². The first-order chi connectivity index (χ1) is 11.6. The van der Waals surface area contributed by atoms with E-state index in [9.17, 15) is 4.79 Å². The van der Waals surface area contributed by atoms with Crippen LogP contribution in [0.4, 0.5) is 0 Å². The summed E-state index contributed by atoms with van der Waals surface area (Å²) in [7, 11) is 5.00. The first-order valence-corrected chi connectivity index (χ1v) is 8.30. The minimum Gasteiger partial charge on any atom is -0.497 e. The van der Waals surface area contributed by atoms with Crippen molar-refractivity contribution in [3.05, 3.63) is 53.0 Å². The Labute approximate surface area is 144 Å². The summed E-state index contributed by atoms with van der Waals surface area (Å²) in [6.07, 6.45) is 0. The summed E-state index contributed by atoms with van der Waals surface area (Å²) >= 11 is 1.53. The Morgan fingerprint density at radius 1 is 1.17 bits per heavy atom. The van der Waals surface area contributed by atoms with Gasteiger partial charge in [-0.2, -0.15) is 0 Å². The number of amides is 1. The molecular weight excluding hydrogens is 324 g/mol. The first-order valence-electron chi connectivity index (χ1n) is 7.42. The summed E-state index contributed by atoms with van der Waals surface area (Å²) in [6.45, 7) is 0.451. The average molecular weight is 342 g/mol. The van der Waals surface area contributed by atoms with Crippen LogP contribution < -0.4 is 9.47 Å². The Hall–Kier alpha value is -2.60. The average Bonchev–Trinajstić information content (AvgIpc) is 3.08. The summed E-state index contributed by atoms with van der Waals surface area (Å²) in [5.41, 5.74) is 4.27. The van der Waals surface area contributed by atoms with Crippen molar-refractivity contribution in [2.24, 2.45) is 0 Å². The quantitative estimate of drug-likeness (QED) is 0.711. The minimum atomic E-state index is -0.0387. The lowest BCUT2D eigenvalue weighted by Crippen LogP contribution is -2.26. The number of rotatable bonds is 5. The van der Waals surface area contributed by atoms with E-state index in [1.165, 1.54) is 11.3 Å². The van der Waals surface area contributed by atoms with E-state index in [4.69, 9.17) is 9.47 Å². The molecule has 124 valence electrons. The molecule has 0 N–H and O–H groups in total. The van der Waals surface area contributed by atoms with Crippen molar-refractivity contribution >= 4 is 27.5 Å². The maximum Gasteiger partial charge on any atom is 0.253 e. The van der Waals surface area contributed by atoms with Crippen molar-refractivity contribution in [1.82, 2.24) is 9.88 Å². The maximum absolute atomic E-state index is 12.7. The Bertz CT molecular complexity index is 876. The van der Waals surface area contributed by atoms with Crippen LogP contribution >= 0.6 is 11.3 Å². The van der Waals surface area contributed by atoms with Gasteiger partial charge in [-0.15, -0.1) is 11.3 Å². The second-order valence-corrected chi connectivity index (χ2v) is 6.26. The van der Waals surface area contributed by atoms with Crippen molar-refractivity contribution in [2.45, 2.75) is 6.54 Å². The van der Waals surface area contributed by atoms with Gasteiger partial charge in [0.25, 0.3) is 5.91 Å². The molecule has 0 aliphatic rings. The third-order valence-corrected chi connectivity index (χ3v) is 4.62. The number of ether oxygens (including phenoxy) is 2. The fraction of sp³-hybridized carbons (Fsp3) is 0.222. The lowest BCUT2D eigenvalue weighted by Gasteiger charge is -2.19. The highest BCUT2D eigenvalue weighted by Gasteiger charge is 2.15. The third-order valence-electron chi connectivity index (χ3n) is 3.83. The Morgan fingerprint density at radius 2 is 2.00 bits per heavy atom. The summed E-state index contributed by atoms with van der Waals surface area (Å²) < 4.78 is 11.6. The van der Waals surface area contributed by atoms with Gasteiger partial charge in [0.2, 0.25) is 0 Å². The number of thiazole rings is 1. The lowest BCUT2D eigenvalue weighted by atomic mass is 10.1. The molecule has 0 fully saturated rings. The zero-order chi connectivity index (χ0) is 17.1. The Balaban J connectivity index is 1.81. The van der Waals surface area contributed by atoms with E-state index in [1.807, 2.05) is 36.4 Å². The van der Waals surface area contributed by atoms with Crippen LogP contribution in [0.2, 0.25) is 0 Å². The molecule has 0 radical (unpaired) electrons. The van der Waals surface area contributed by atoms with Crippen LogP contribution in [0.5, 0.6) is 11.5 Å². The van der Waals surface area contributed by atoms with Crippen molar-refractivity contribution in [1.29, 1.82) is 0 Å². The van der Waals surface area contributed by atoms with Crippen molar-refractivity contribution in [3.63, 3.8) is 0 Å². The molecule has 3 aromatic rings. The molecule has 0 saturated carbocycles. The predicted molar refractivity (Wildman–Crippen MR) is 95.0 cm³/mol. The number of hydrogen-bond acceptors (Lipinski definition) is 5. The van der Waals surface area contributed by atoms with Gasteiger partial charge < -0.3 is 14.4 Å². The molecule has 3 rings (SSSR count). The van der Waals surface area contributed by atoms with Gasteiger partial charge in [0.05, 0.1) is 29.9 Å². The second kappa shape index (κ2) is 6.88. The van der Waals surface area contributed by atoms with E-state index < -0.39 is 0 Å². The van der Waals surface area contributed by atoms with Gasteiger partial charge >= 0.3 is 0 Å². The van der Waals surface area contributed by atoms with Gasteiger partial charge in [0.15, 0.2) is 0 Å². The normalized spacial score (nSPS) is 10.6. The van der Waals surface area contributed by atoms with Crippen LogP contribution in [0.15, 0.2) is 41.9 Å². The molecule has 0 saturated heterocycles. The zero-order valence-corrected chi connectivity index (χ0v) is 14.6. The van der Waals surface area contributed by atoms with Crippen LogP contribution in [0.25, 0.3) is 10.2 Å². The van der Waals surface area contributed by atoms with E-state index in [0.29, 0.717) is 17.9 Å². The SMILES string of the molecule is COc1ccc(CN(C)C(=O)c2ccc3ncsc3c2)c(OC)c1. The molecule has 1 aromatic heterocycles. The lowest BCUT2D eigenvalue weighted by molar-refractivity contribution is 0.0784. The number of benzene rings is 2. The van der Waals surface area contributed by atoms with Gasteiger partial charge in [0.1, 0.15) is 11.5 Å². The molecule has 0 atom stereocenters. The summed E-state index contributed by atoms with van der Waals surface area (Å²) in [6, 6.07) is 11.2. The van der Waals surface area contributed by atoms with Crippen LogP contribution in [0.1, 0.15) is 15.9 Å². The molecule has 1 heterocycles. The zero-order valence-electron chi connectivity index (χ0n) is 13.8. The van der Waals surface area contributed by atoms with Gasteiger partial charge in [-0.3, -0.25) is 4.79 Å². The van der Waals surface area contributed by atoms with Gasteiger partial charge in [-0.05, 0) is 30.3 Å². The van der Waals surface area contributed by atoms with Gasteiger partial charge in [-0.25, -0.2) is 4.98 Å². The number of hydrogen-bond donors (Lipinski definition) is 0. The second-order valence-electron chi connectivity index (χ2n) is 5.37. The number of aromatic nitrogens is 1. The molecule has 5 nitrogen and oxygen atoms in total. The fourth-order valence-electron chi connectivity index (χ4n) is 2.52. The summed E-state index contributed by atoms with van der Waals surface area (Å²) in [5.74, 6) is 1.38. The highest BCUT2D eigenvalue weighted by atomic mass is 32.1. The highest BCUT2D eigenvalue weighted by molar-refractivity contribution is 7.16. The number of nitrogens with zero attached hydrogens (tertiary/aromatic N) is 2. The summed E-state index contributed by atoms with van der Waals surface area (Å²) in [4.78, 5) is 18.6. The van der Waals surface area contributed by atoms with E-state index in [1.54, 1.807) is 31.7 Å². The van der Waals surface area contributed by atoms with E-state index in [-0.39, 0.29) is 5.91 Å². The topological polar surface area (TPSA) is 51.7 Å². The Morgan fingerprint density at radius 3 is 2.75 bits per heavy atom. The number of fused-ring (bicyclic) bond motifs is 1. The smallest absolute Gasteiger partial charge is 0.253 e. The molecule has 1 amide bonds. The highest BCUT2D eigenvalue weighted by Crippen LogP contribution is 2.26. The largest absolute Gasteiger partial charge is 0.497 e. The van der Waals surface area contributed by atoms with E-state index >= 15 is 0 Å². The third kappa shape index (κ3) is 3.19. The molecular formula is C18H18N2O3S. The van der Waals surface area contributed by atoms with E-state index in [0.717, 1.165) is 21.5 Å². The van der Waals surface area contributed by atoms with Crippen LogP contribution in [0, 0.1) is 0 Å². The molecule has 0 aliphatic heterocycles. The minimum absolute atomic E-state index is 0.0387. The standard InChI is InChI=1S/C18H18N2O3S/c1-20(10-13-4-6-14(22-2)9-16(13)23-3)18(21)12-5-7-15-17(8-12)24-11-19-15/h4-9,11H,10H2,1-3H3. The number of carbonyl (C=O) groups excluding carboxylic acids is 1. The maximum atomic E-state index is 12.7. The fourth-order valence-corrected chi connectivity index (χ4v) is 3.23. The Kier molecular flexibility index (Phi) is 4.66. The van der Waals surface area contributed by atoms with Crippen LogP contribution in [-0.2, 0) is 6.54 Å². The van der Waals surface area contributed by atoms with Crippen molar-refractivity contribution in [3.8, 4) is 11.5 Å². The molecule has 0 unspecified atom stereocenters. The molecule has 0 bridgehead atoms. The van der Waals surface area contributed by atoms with Crippen molar-refractivity contribution in [2.75, 3.05) is 21.3 Å². The molecule has 6 heteroatoms. The molecule has 24 heavy (non-hydrogen) atoms. The summed E-state index contributed by atoms with van der Waals surface area (Å²) in [5, 5.41) is 0. The predicted octanol–water partition coefficient (Wildman–Crippen LogP) is 3.59. The van der Waals surface area contributed by atoms with Gasteiger partial charge in [-0.1, -0.05) is 0 Å².